The molecule has 5 rings (SSSR count). The Balaban J connectivity index is 1.71. The number of Topliss-reactive ketones (excluding diaryl/α,β-unsaturated/α-hetero) is 2. The van der Waals surface area contributed by atoms with Gasteiger partial charge in [0, 0.05) is 90.6 Å². The van der Waals surface area contributed by atoms with Gasteiger partial charge in [0.1, 0.15) is 18.1 Å². The van der Waals surface area contributed by atoms with Crippen LogP contribution in [0.1, 0.15) is 139 Å². The van der Waals surface area contributed by atoms with E-state index < -0.39 is 125 Å². The first-order valence-electron chi connectivity index (χ1n) is 30.6. The lowest BCUT2D eigenvalue weighted by Crippen LogP contribution is -2.61. The van der Waals surface area contributed by atoms with Crippen molar-refractivity contribution in [3.8, 4) is 11.1 Å². The molecular formula is C67H97N7O11. The molecule has 2 aliphatic rings. The number of nitrogens with zero attached hydrogens (tertiary/aromatic N) is 6. The fourth-order valence-corrected chi connectivity index (χ4v) is 12.5. The highest BCUT2D eigenvalue weighted by Gasteiger charge is 2.48. The van der Waals surface area contributed by atoms with E-state index in [0.29, 0.717) is 36.8 Å². The van der Waals surface area contributed by atoms with Crippen LogP contribution in [0.4, 0.5) is 0 Å². The summed E-state index contributed by atoms with van der Waals surface area (Å²) >= 11 is 0. The molecule has 11 atom stereocenters. The van der Waals surface area contributed by atoms with Crippen molar-refractivity contribution >= 4 is 53.0 Å². The lowest BCUT2D eigenvalue weighted by Gasteiger charge is -2.39. The molecule has 2 fully saturated rings. The maximum absolute atomic E-state index is 15.6. The van der Waals surface area contributed by atoms with Gasteiger partial charge in [-0.15, -0.1) is 0 Å². The number of likely N-dealkylation sites (N-methyl/N-ethyl adjacent to an activating group) is 4. The zero-order valence-corrected chi connectivity index (χ0v) is 53.4. The number of hydrogen-bond acceptors (Lipinski definition) is 12. The van der Waals surface area contributed by atoms with E-state index in [1.165, 1.54) is 54.6 Å². The van der Waals surface area contributed by atoms with Gasteiger partial charge in [-0.3, -0.25) is 43.3 Å². The molecule has 1 aromatic heterocycles. The van der Waals surface area contributed by atoms with Crippen molar-refractivity contribution in [2.45, 2.75) is 189 Å². The molecule has 18 nitrogen and oxygen atoms in total. The van der Waals surface area contributed by atoms with Crippen LogP contribution in [0.3, 0.4) is 0 Å². The second-order valence-corrected chi connectivity index (χ2v) is 25.7. The van der Waals surface area contributed by atoms with Crippen LogP contribution in [-0.2, 0) is 60.7 Å². The van der Waals surface area contributed by atoms with E-state index in [1.54, 1.807) is 47.1 Å². The summed E-state index contributed by atoms with van der Waals surface area (Å²) in [6.07, 6.45) is 3.23. The molecule has 3 heterocycles. The number of esters is 1. The van der Waals surface area contributed by atoms with Crippen molar-refractivity contribution in [1.29, 1.82) is 0 Å². The van der Waals surface area contributed by atoms with Crippen LogP contribution in [0.2, 0.25) is 0 Å². The third kappa shape index (κ3) is 17.2. The van der Waals surface area contributed by atoms with Crippen molar-refractivity contribution in [2.75, 3.05) is 34.7 Å². The highest BCUT2D eigenvalue weighted by molar-refractivity contribution is 5.99. The Hall–Kier alpha value is -6.82. The minimum atomic E-state index is -1.95. The monoisotopic (exact) mass is 1180 g/mol. The quantitative estimate of drug-likeness (QED) is 0.149. The van der Waals surface area contributed by atoms with Crippen LogP contribution in [-0.4, -0.2) is 170 Å². The summed E-state index contributed by atoms with van der Waals surface area (Å²) in [7, 11) is 5.83. The van der Waals surface area contributed by atoms with E-state index in [-0.39, 0.29) is 56.3 Å². The van der Waals surface area contributed by atoms with Gasteiger partial charge in [-0.1, -0.05) is 136 Å². The number of cyclic esters (lactones) is 1. The third-order valence-corrected chi connectivity index (χ3v) is 17.6. The summed E-state index contributed by atoms with van der Waals surface area (Å²) in [5.74, 6) is -9.45. The van der Waals surface area contributed by atoms with Crippen molar-refractivity contribution in [3.05, 3.63) is 90.3 Å². The van der Waals surface area contributed by atoms with Gasteiger partial charge in [-0.25, -0.2) is 4.79 Å². The highest BCUT2D eigenvalue weighted by Crippen LogP contribution is 2.32. The first kappa shape index (κ1) is 69.0. The summed E-state index contributed by atoms with van der Waals surface area (Å²) in [5, 5.41) is 14.7. The number of aliphatic hydroxyl groups is 1. The van der Waals surface area contributed by atoms with Crippen molar-refractivity contribution in [1.82, 2.24) is 34.8 Å². The molecular weight excluding hydrogens is 1080 g/mol. The summed E-state index contributed by atoms with van der Waals surface area (Å²) in [6, 6.07) is 13.0. The molecule has 2 aliphatic heterocycles. The molecule has 18 heteroatoms. The number of hydrogen-bond donors (Lipinski definition) is 2. The first-order chi connectivity index (χ1) is 39.9. The van der Waals surface area contributed by atoms with Gasteiger partial charge in [-0.05, 0) is 91.5 Å². The van der Waals surface area contributed by atoms with E-state index in [9.17, 15) is 19.5 Å². The number of benzene rings is 2. The fourth-order valence-electron chi connectivity index (χ4n) is 12.5. The molecule has 85 heavy (non-hydrogen) atoms. The lowest BCUT2D eigenvalue weighted by atomic mass is 9.82. The van der Waals surface area contributed by atoms with E-state index in [4.69, 9.17) is 4.74 Å². The standard InChI is InChI=1S/C67H97N7O11/c1-17-43(9)50-38-54(75)52-27-23-33-74(52)64(81)53(36-46-28-30-47(31-29-46)48-26-22-32-68-39-48)70(13)63(80)51(35-45-24-20-19-21-25-45)69-60(77)57(42(7)8)72(15)65(82)58(44(10)18-2)85-66(83)59(67(11,12)84)73(16)61(78)49(34-40(3)4)37-55(76)56(41(5)6)71(14)62(50)79/h19-22,24-26,28-32,39-44,49-53,56-59,84H,17-18,23,27,33-38H2,1-16H3,(H,69,77)/t43?,44?,49?,50-,51-,52-,53-,56-,57-,58+,59?/m0/s1. The number of nitrogens with one attached hydrogen (secondary N) is 1. The van der Waals surface area contributed by atoms with Crippen molar-refractivity contribution < 1.29 is 53.0 Å². The van der Waals surface area contributed by atoms with Gasteiger partial charge >= 0.3 is 5.97 Å². The van der Waals surface area contributed by atoms with Crippen LogP contribution in [0.25, 0.3) is 11.1 Å². The molecule has 0 bridgehead atoms. The Labute approximate surface area is 505 Å². The highest BCUT2D eigenvalue weighted by atomic mass is 16.6. The van der Waals surface area contributed by atoms with Crippen molar-refractivity contribution in [2.24, 2.45) is 41.4 Å². The second-order valence-electron chi connectivity index (χ2n) is 25.7. The van der Waals surface area contributed by atoms with Gasteiger partial charge in [-0.2, -0.15) is 0 Å². The van der Waals surface area contributed by atoms with E-state index in [1.807, 2.05) is 108 Å². The van der Waals surface area contributed by atoms with Gasteiger partial charge in [0.25, 0.3) is 5.91 Å². The average molecular weight is 1180 g/mol. The van der Waals surface area contributed by atoms with Crippen LogP contribution >= 0.6 is 0 Å². The Kier molecular flexibility index (Phi) is 24.7. The number of amides is 6. The molecule has 6 amide bonds. The predicted molar refractivity (Wildman–Crippen MR) is 327 cm³/mol. The van der Waals surface area contributed by atoms with E-state index in [0.717, 1.165) is 16.0 Å². The minimum absolute atomic E-state index is 0.0117. The summed E-state index contributed by atoms with van der Waals surface area (Å²) in [5.41, 5.74) is 1.22. The number of rotatable bonds is 14. The first-order valence-corrected chi connectivity index (χ1v) is 30.6. The Bertz CT molecular complexity index is 2780. The van der Waals surface area contributed by atoms with Crippen LogP contribution in [0, 0.1) is 41.4 Å². The number of pyridine rings is 1. The van der Waals surface area contributed by atoms with Crippen molar-refractivity contribution in [3.63, 3.8) is 0 Å². The zero-order valence-electron chi connectivity index (χ0n) is 53.4. The summed E-state index contributed by atoms with van der Waals surface area (Å²) < 4.78 is 6.15. The average Bonchev–Trinajstić information content (AvgIpc) is 2.85. The van der Waals surface area contributed by atoms with Crippen LogP contribution in [0.15, 0.2) is 79.1 Å². The molecule has 2 saturated heterocycles. The minimum Gasteiger partial charge on any atom is -0.450 e. The molecule has 0 aliphatic carbocycles. The summed E-state index contributed by atoms with van der Waals surface area (Å²) in [4.78, 5) is 147. The predicted octanol–water partition coefficient (Wildman–Crippen LogP) is 7.62. The molecule has 0 radical (unpaired) electrons. The van der Waals surface area contributed by atoms with Gasteiger partial charge in [0.2, 0.25) is 29.5 Å². The number of fused-ring (bicyclic) bond motifs is 1. The smallest absolute Gasteiger partial charge is 0.332 e. The molecule has 3 aromatic rings. The SMILES string of the molecule is CCC(C)[C@@H]1CC(=O)[C@@H]2CCCN2C(=O)[C@H](Cc2ccc(-c3cccnc3)cc2)N(C)C(=O)[C@H](Cc2ccccc2)NC(=O)[C@H](C(C)C)N(C)C(=O)[C@@H](C(C)CC)OC(=O)C(C(C)(C)O)N(C)C(=O)C(CC(C)C)CC(=O)[C@H](C(C)C)N(C)C1=O. The Morgan fingerprint density at radius 2 is 1.24 bits per heavy atom. The summed E-state index contributed by atoms with van der Waals surface area (Å²) in [6.45, 7) is 21.1. The van der Waals surface area contributed by atoms with E-state index in [2.05, 4.69) is 10.3 Å². The third-order valence-electron chi connectivity index (χ3n) is 17.6. The second kappa shape index (κ2) is 30.5. The molecule has 4 unspecified atom stereocenters. The number of carbonyl (C=O) groups excluding carboxylic acids is 9. The number of ketones is 2. The van der Waals surface area contributed by atoms with Gasteiger partial charge in [0.05, 0.1) is 17.7 Å². The number of ether oxygens (including phenoxy) is 1. The largest absolute Gasteiger partial charge is 0.450 e. The van der Waals surface area contributed by atoms with Crippen LogP contribution in [0.5, 0.6) is 0 Å². The fraction of sp³-hybridized carbons (Fsp3) is 0.612. The van der Waals surface area contributed by atoms with Crippen LogP contribution < -0.4 is 5.32 Å². The Morgan fingerprint density at radius 3 is 1.79 bits per heavy atom. The molecule has 2 N–H and O–H groups in total. The number of carbonyl (C=O) groups is 9. The maximum atomic E-state index is 15.6. The van der Waals surface area contributed by atoms with E-state index >= 15 is 28.8 Å². The normalized spacial score (nSPS) is 25.6. The molecule has 0 saturated carbocycles. The van der Waals surface area contributed by atoms with Gasteiger partial charge in [0.15, 0.2) is 23.7 Å². The molecule has 0 spiro atoms. The van der Waals surface area contributed by atoms with Gasteiger partial charge < -0.3 is 39.7 Å². The topological polar surface area (TPSA) is 224 Å². The molecule has 2 aromatic carbocycles. The number of aromatic nitrogens is 1. The lowest BCUT2D eigenvalue weighted by molar-refractivity contribution is -0.178. The molecule has 466 valence electrons. The zero-order chi connectivity index (χ0) is 63.4. The Morgan fingerprint density at radius 1 is 0.635 bits per heavy atom. The maximum Gasteiger partial charge on any atom is 0.332 e.